The number of nitrogens with zero attached hydrogens (tertiary/aromatic N) is 4. The number of carbonyl (C=O) groups excluding carboxylic acids is 1. The molecule has 2 aromatic heterocycles. The first-order valence-electron chi connectivity index (χ1n) is 10.6. The van der Waals surface area contributed by atoms with E-state index in [-0.39, 0.29) is 29.7 Å². The van der Waals surface area contributed by atoms with Gasteiger partial charge in [0.1, 0.15) is 18.0 Å². The number of ether oxygens (including phenoxy) is 2. The van der Waals surface area contributed by atoms with Gasteiger partial charge in [0.2, 0.25) is 5.95 Å². The lowest BCUT2D eigenvalue weighted by Crippen LogP contribution is -2.37. The van der Waals surface area contributed by atoms with E-state index < -0.39 is 0 Å². The van der Waals surface area contributed by atoms with Gasteiger partial charge in [-0.2, -0.15) is 4.98 Å². The number of pyridine rings is 1. The number of cyclic esters (lactones) is 1. The number of nitrogens with one attached hydrogen (secondary N) is 1. The Morgan fingerprint density at radius 2 is 2.07 bits per heavy atom. The maximum Gasteiger partial charge on any atom is 0.415 e. The van der Waals surface area contributed by atoms with E-state index in [0.29, 0.717) is 25.0 Å². The molecule has 2 fully saturated rings. The lowest BCUT2D eigenvalue weighted by molar-refractivity contribution is 0.0363. The maximum atomic E-state index is 12.2. The van der Waals surface area contributed by atoms with Crippen LogP contribution < -0.4 is 10.2 Å². The fourth-order valence-electron chi connectivity index (χ4n) is 3.82. The minimum absolute atomic E-state index is 0.0329. The smallest absolute Gasteiger partial charge is 0.415 e. The van der Waals surface area contributed by atoms with Crippen molar-refractivity contribution in [3.05, 3.63) is 41.9 Å². The van der Waals surface area contributed by atoms with Crippen LogP contribution in [0.4, 0.5) is 16.6 Å². The van der Waals surface area contributed by atoms with Gasteiger partial charge in [-0.25, -0.2) is 9.78 Å². The van der Waals surface area contributed by atoms with Crippen LogP contribution in [0.2, 0.25) is 0 Å². The summed E-state index contributed by atoms with van der Waals surface area (Å²) in [5.74, 6) is 1.26. The third kappa shape index (κ3) is 3.96. The highest BCUT2D eigenvalue weighted by Crippen LogP contribution is 2.48. The van der Waals surface area contributed by atoms with Gasteiger partial charge in [0.15, 0.2) is 0 Å². The van der Waals surface area contributed by atoms with Crippen molar-refractivity contribution >= 4 is 17.9 Å². The molecule has 1 amide bonds. The Morgan fingerprint density at radius 3 is 2.70 bits per heavy atom. The highest BCUT2D eigenvalue weighted by Gasteiger charge is 2.46. The van der Waals surface area contributed by atoms with Gasteiger partial charge in [0.25, 0.3) is 0 Å². The largest absolute Gasteiger partial charge is 0.447 e. The first-order valence-corrected chi connectivity index (χ1v) is 10.6. The number of hydrogen-bond donors (Lipinski definition) is 1. The van der Waals surface area contributed by atoms with Crippen molar-refractivity contribution in [1.82, 2.24) is 15.0 Å². The number of hydrogen-bond acceptors (Lipinski definition) is 7. The van der Waals surface area contributed by atoms with Gasteiger partial charge in [-0.05, 0) is 50.3 Å². The van der Waals surface area contributed by atoms with E-state index in [0.717, 1.165) is 24.1 Å². The number of anilines is 2. The molecular weight excluding hydrogens is 382 g/mol. The number of carbonyl (C=O) groups is 1. The molecule has 0 spiro atoms. The molecule has 0 unspecified atom stereocenters. The normalized spacial score (nSPS) is 20.9. The summed E-state index contributed by atoms with van der Waals surface area (Å²) in [6.07, 6.45) is 5.22. The molecule has 1 saturated carbocycles. The maximum absolute atomic E-state index is 12.2. The summed E-state index contributed by atoms with van der Waals surface area (Å²) in [7, 11) is 0. The highest BCUT2D eigenvalue weighted by molar-refractivity contribution is 5.89. The summed E-state index contributed by atoms with van der Waals surface area (Å²) in [6, 6.07) is 5.76. The highest BCUT2D eigenvalue weighted by atomic mass is 16.6. The molecule has 3 heterocycles. The second kappa shape index (κ2) is 8.18. The second-order valence-electron chi connectivity index (χ2n) is 8.27. The summed E-state index contributed by atoms with van der Waals surface area (Å²) in [4.78, 5) is 27.3. The van der Waals surface area contributed by atoms with Crippen LogP contribution in [0.1, 0.15) is 57.8 Å². The fourth-order valence-corrected chi connectivity index (χ4v) is 3.82. The molecule has 30 heavy (non-hydrogen) atoms. The van der Waals surface area contributed by atoms with E-state index in [9.17, 15) is 4.79 Å². The van der Waals surface area contributed by atoms with E-state index in [1.165, 1.54) is 0 Å². The Morgan fingerprint density at radius 1 is 1.27 bits per heavy atom. The van der Waals surface area contributed by atoms with Crippen LogP contribution in [-0.2, 0) is 15.1 Å². The zero-order chi connectivity index (χ0) is 21.3. The van der Waals surface area contributed by atoms with Gasteiger partial charge in [-0.15, -0.1) is 0 Å². The van der Waals surface area contributed by atoms with Crippen molar-refractivity contribution in [2.75, 3.05) is 23.4 Å². The van der Waals surface area contributed by atoms with Crippen LogP contribution in [0.15, 0.2) is 30.6 Å². The molecule has 1 saturated heterocycles. The summed E-state index contributed by atoms with van der Waals surface area (Å²) in [6.45, 7) is 9.24. The average molecular weight is 412 g/mol. The SMILES string of the molecule is CCOC1(c2ccc([C@H](C)Nc3nccc(N4C(=O)OC[C@@H]4C(C)C)n3)cn2)CC1. The minimum atomic E-state index is -0.366. The Hall–Kier alpha value is -2.74. The zero-order valence-electron chi connectivity index (χ0n) is 18.0. The molecule has 2 aromatic rings. The van der Waals surface area contributed by atoms with Crippen LogP contribution in [0.5, 0.6) is 0 Å². The summed E-state index contributed by atoms with van der Waals surface area (Å²) >= 11 is 0. The van der Waals surface area contributed by atoms with Gasteiger partial charge >= 0.3 is 6.09 Å². The van der Waals surface area contributed by atoms with Crippen molar-refractivity contribution in [2.24, 2.45) is 5.92 Å². The molecule has 8 nitrogen and oxygen atoms in total. The lowest BCUT2D eigenvalue weighted by Gasteiger charge is -2.24. The molecule has 0 radical (unpaired) electrons. The predicted octanol–water partition coefficient (Wildman–Crippen LogP) is 4.05. The van der Waals surface area contributed by atoms with Crippen molar-refractivity contribution in [1.29, 1.82) is 0 Å². The van der Waals surface area contributed by atoms with Gasteiger partial charge in [0.05, 0.1) is 17.8 Å². The Balaban J connectivity index is 1.47. The summed E-state index contributed by atoms with van der Waals surface area (Å²) in [5, 5.41) is 3.31. The molecule has 0 aromatic carbocycles. The number of amides is 1. The van der Waals surface area contributed by atoms with E-state index in [4.69, 9.17) is 9.47 Å². The Kier molecular flexibility index (Phi) is 5.60. The van der Waals surface area contributed by atoms with Crippen molar-refractivity contribution < 1.29 is 14.3 Å². The van der Waals surface area contributed by atoms with Crippen molar-refractivity contribution in [2.45, 2.75) is 58.2 Å². The predicted molar refractivity (Wildman–Crippen MR) is 113 cm³/mol. The summed E-state index contributed by atoms with van der Waals surface area (Å²) < 4.78 is 11.1. The van der Waals surface area contributed by atoms with Crippen LogP contribution in [0, 0.1) is 5.92 Å². The molecule has 4 rings (SSSR count). The molecule has 8 heteroatoms. The minimum Gasteiger partial charge on any atom is -0.447 e. The molecule has 1 aliphatic carbocycles. The van der Waals surface area contributed by atoms with E-state index in [1.54, 1.807) is 17.2 Å². The number of rotatable bonds is 8. The number of aromatic nitrogens is 3. The van der Waals surface area contributed by atoms with Crippen molar-refractivity contribution in [3.8, 4) is 0 Å². The van der Waals surface area contributed by atoms with Gasteiger partial charge < -0.3 is 14.8 Å². The van der Waals surface area contributed by atoms with Gasteiger partial charge in [0, 0.05) is 19.0 Å². The standard InChI is InChI=1S/C22H29N5O3/c1-5-30-22(9-10-22)18-7-6-16(12-24-18)15(4)25-20-23-11-8-19(26-20)27-17(14(2)3)13-29-21(27)28/h6-8,11-12,14-15,17H,5,9-10,13H2,1-4H3,(H,23,25,26)/t15-,17+/m0/s1. The Bertz CT molecular complexity index is 898. The molecular formula is C22H29N5O3. The summed E-state index contributed by atoms with van der Waals surface area (Å²) in [5.41, 5.74) is 1.84. The molecule has 160 valence electrons. The van der Waals surface area contributed by atoms with E-state index in [1.807, 2.05) is 26.1 Å². The zero-order valence-corrected chi connectivity index (χ0v) is 18.0. The quantitative estimate of drug-likeness (QED) is 0.701. The lowest BCUT2D eigenvalue weighted by atomic mass is 10.0. The Labute approximate surface area is 177 Å². The van der Waals surface area contributed by atoms with Gasteiger partial charge in [-0.1, -0.05) is 19.9 Å². The average Bonchev–Trinajstić information content (AvgIpc) is 3.41. The fraction of sp³-hybridized carbons (Fsp3) is 0.545. The van der Waals surface area contributed by atoms with Crippen LogP contribution in [0.25, 0.3) is 0 Å². The van der Waals surface area contributed by atoms with Gasteiger partial charge in [-0.3, -0.25) is 9.88 Å². The molecule has 2 atom stereocenters. The molecule has 0 bridgehead atoms. The topological polar surface area (TPSA) is 89.5 Å². The third-order valence-electron chi connectivity index (χ3n) is 5.79. The van der Waals surface area contributed by atoms with E-state index in [2.05, 4.69) is 40.2 Å². The van der Waals surface area contributed by atoms with Crippen LogP contribution in [0.3, 0.4) is 0 Å². The molecule has 2 aliphatic rings. The van der Waals surface area contributed by atoms with Crippen LogP contribution >= 0.6 is 0 Å². The molecule has 1 aliphatic heterocycles. The first-order chi connectivity index (χ1) is 14.4. The third-order valence-corrected chi connectivity index (χ3v) is 5.79. The first kappa shape index (κ1) is 20.5. The van der Waals surface area contributed by atoms with Crippen LogP contribution in [-0.4, -0.2) is 40.3 Å². The van der Waals surface area contributed by atoms with E-state index >= 15 is 0 Å². The monoisotopic (exact) mass is 411 g/mol. The molecule has 1 N–H and O–H groups in total. The second-order valence-corrected chi connectivity index (χ2v) is 8.27. The van der Waals surface area contributed by atoms with Crippen molar-refractivity contribution in [3.63, 3.8) is 0 Å².